The van der Waals surface area contributed by atoms with E-state index in [9.17, 15) is 40.5 Å². The molecule has 0 aromatic carbocycles. The number of carbonyl (C=O) groups is 1. The molecule has 2 rings (SSSR count). The minimum atomic E-state index is -1.76. The first-order chi connectivity index (χ1) is 12.2. The maximum Gasteiger partial charge on any atom is 0.302 e. The van der Waals surface area contributed by atoms with Crippen molar-refractivity contribution in [3.05, 3.63) is 0 Å². The fourth-order valence-electron chi connectivity index (χ4n) is 2.76. The summed E-state index contributed by atoms with van der Waals surface area (Å²) in [6.45, 7) is -0.00621. The van der Waals surface area contributed by atoms with Gasteiger partial charge in [-0.3, -0.25) is 4.79 Å². The van der Waals surface area contributed by atoms with Gasteiger partial charge in [-0.2, -0.15) is 0 Å². The van der Waals surface area contributed by atoms with Gasteiger partial charge in [0.1, 0.15) is 55.4 Å². The van der Waals surface area contributed by atoms with Crippen LogP contribution in [0.1, 0.15) is 6.92 Å². The van der Waals surface area contributed by atoms with Crippen molar-refractivity contribution in [2.45, 2.75) is 68.3 Å². The first-order valence-corrected chi connectivity index (χ1v) is 7.96. The van der Waals surface area contributed by atoms with E-state index in [1.165, 1.54) is 0 Å². The van der Waals surface area contributed by atoms with Crippen molar-refractivity contribution in [2.75, 3.05) is 13.2 Å². The van der Waals surface area contributed by atoms with Crippen LogP contribution in [0.2, 0.25) is 0 Å². The quantitative estimate of drug-likeness (QED) is 0.224. The maximum absolute atomic E-state index is 10.9. The van der Waals surface area contributed by atoms with Crippen molar-refractivity contribution < 1.29 is 59.5 Å². The van der Waals surface area contributed by atoms with E-state index in [1.54, 1.807) is 0 Å². The smallest absolute Gasteiger partial charge is 0.302 e. The molecule has 0 aromatic heterocycles. The minimum absolute atomic E-state index is 0.436. The summed E-state index contributed by atoms with van der Waals surface area (Å²) in [5, 5.41) is 68.4. The van der Waals surface area contributed by atoms with Crippen LogP contribution in [-0.4, -0.2) is 116 Å². The lowest BCUT2D eigenvalue weighted by Crippen LogP contribution is -2.64. The predicted octanol–water partition coefficient (Wildman–Crippen LogP) is -4.83. The Bertz CT molecular complexity index is 473. The summed E-state index contributed by atoms with van der Waals surface area (Å²) in [6.07, 6.45) is -15.8. The molecule has 152 valence electrons. The lowest BCUT2D eigenvalue weighted by Gasteiger charge is -2.45. The van der Waals surface area contributed by atoms with Crippen LogP contribution in [0.4, 0.5) is 0 Å². The molecule has 12 nitrogen and oxygen atoms in total. The van der Waals surface area contributed by atoms with Gasteiger partial charge in [-0.05, 0) is 0 Å². The summed E-state index contributed by atoms with van der Waals surface area (Å²) in [5.74, 6) is -0.660. The largest absolute Gasteiger partial charge is 0.463 e. The van der Waals surface area contributed by atoms with Crippen LogP contribution in [0.3, 0.4) is 0 Å². The van der Waals surface area contributed by atoms with Gasteiger partial charge in [0.05, 0.1) is 6.61 Å². The third-order valence-electron chi connectivity index (χ3n) is 4.25. The van der Waals surface area contributed by atoms with Gasteiger partial charge in [0.25, 0.3) is 0 Å². The van der Waals surface area contributed by atoms with E-state index in [-0.39, 0.29) is 0 Å². The van der Waals surface area contributed by atoms with Crippen LogP contribution >= 0.6 is 0 Å². The molecule has 0 spiro atoms. The number of aliphatic hydroxyl groups excluding tert-OH is 7. The molecule has 2 aliphatic rings. The van der Waals surface area contributed by atoms with Crippen LogP contribution < -0.4 is 0 Å². The maximum atomic E-state index is 10.9. The Morgan fingerprint density at radius 3 is 2.12 bits per heavy atom. The molecule has 2 saturated heterocycles. The molecule has 2 fully saturated rings. The zero-order valence-electron chi connectivity index (χ0n) is 13.9. The van der Waals surface area contributed by atoms with E-state index in [0.717, 1.165) is 6.92 Å². The average molecular weight is 384 g/mol. The van der Waals surface area contributed by atoms with Gasteiger partial charge in [0.2, 0.25) is 0 Å². The van der Waals surface area contributed by atoms with Crippen LogP contribution in [0, 0.1) is 0 Å². The fraction of sp³-hybridized carbons (Fsp3) is 0.929. The van der Waals surface area contributed by atoms with Gasteiger partial charge in [-0.1, -0.05) is 0 Å². The van der Waals surface area contributed by atoms with E-state index in [1.807, 2.05) is 0 Å². The number of ether oxygens (including phenoxy) is 4. The normalized spacial score (nSPS) is 46.8. The van der Waals surface area contributed by atoms with Crippen LogP contribution in [0.15, 0.2) is 0 Å². The second-order valence-electron chi connectivity index (χ2n) is 6.15. The van der Waals surface area contributed by atoms with Crippen LogP contribution in [-0.2, 0) is 23.7 Å². The monoisotopic (exact) mass is 384 g/mol. The minimum Gasteiger partial charge on any atom is -0.463 e. The van der Waals surface area contributed by atoms with Gasteiger partial charge in [-0.15, -0.1) is 0 Å². The van der Waals surface area contributed by atoms with Gasteiger partial charge in [-0.25, -0.2) is 0 Å². The van der Waals surface area contributed by atoms with Crippen molar-refractivity contribution in [2.24, 2.45) is 0 Å². The number of esters is 1. The second-order valence-corrected chi connectivity index (χ2v) is 6.15. The van der Waals surface area contributed by atoms with Gasteiger partial charge < -0.3 is 54.7 Å². The number of aliphatic hydroxyl groups is 7. The molecular formula is C14H24O12. The Balaban J connectivity index is 2.10. The zero-order valence-corrected chi connectivity index (χ0v) is 13.9. The van der Waals surface area contributed by atoms with Crippen LogP contribution in [0.25, 0.3) is 0 Å². The number of hydrogen-bond acceptors (Lipinski definition) is 12. The Labute approximate surface area is 148 Å². The standard InChI is InChI=1S/C14H24O12/c1-4(16)23-3-6-7(17)8(18)11(21)14(25-6)26-12-5(2-15)24-13(22)10(20)9(12)19/h5-15,17-22H,2-3H2,1H3/t5-,6-,7+,8+,9-,10-,11-,12-,13-,14+/m1/s1. The second kappa shape index (κ2) is 8.84. The third kappa shape index (κ3) is 4.48. The molecule has 0 aliphatic carbocycles. The molecule has 0 unspecified atom stereocenters. The Kier molecular flexibility index (Phi) is 7.27. The molecule has 26 heavy (non-hydrogen) atoms. The highest BCUT2D eigenvalue weighted by Crippen LogP contribution is 2.28. The summed E-state index contributed by atoms with van der Waals surface area (Å²) in [6, 6.07) is 0. The molecule has 10 atom stereocenters. The first kappa shape index (κ1) is 21.4. The van der Waals surface area contributed by atoms with Crippen LogP contribution in [0.5, 0.6) is 0 Å². The lowest BCUT2D eigenvalue weighted by molar-refractivity contribution is -0.355. The molecule has 0 aromatic rings. The van der Waals surface area contributed by atoms with Crippen molar-refractivity contribution in [3.63, 3.8) is 0 Å². The van der Waals surface area contributed by atoms with Gasteiger partial charge in [0, 0.05) is 6.92 Å². The molecule has 7 N–H and O–H groups in total. The summed E-state index contributed by atoms with van der Waals surface area (Å²) in [4.78, 5) is 10.9. The van der Waals surface area contributed by atoms with Gasteiger partial charge in [0.15, 0.2) is 12.6 Å². The summed E-state index contributed by atoms with van der Waals surface area (Å²) in [7, 11) is 0. The summed E-state index contributed by atoms with van der Waals surface area (Å²) < 4.78 is 20.3. The highest BCUT2D eigenvalue weighted by atomic mass is 16.7. The van der Waals surface area contributed by atoms with E-state index in [2.05, 4.69) is 0 Å². The van der Waals surface area contributed by atoms with Crippen molar-refractivity contribution >= 4 is 5.97 Å². The molecule has 2 aliphatic heterocycles. The lowest BCUT2D eigenvalue weighted by atomic mass is 9.97. The van der Waals surface area contributed by atoms with Crippen molar-refractivity contribution in [1.29, 1.82) is 0 Å². The molecule has 0 radical (unpaired) electrons. The van der Waals surface area contributed by atoms with Crippen molar-refractivity contribution in [3.8, 4) is 0 Å². The number of hydrogen-bond donors (Lipinski definition) is 7. The highest BCUT2D eigenvalue weighted by Gasteiger charge is 2.50. The van der Waals surface area contributed by atoms with E-state index >= 15 is 0 Å². The first-order valence-electron chi connectivity index (χ1n) is 7.96. The molecule has 12 heteroatoms. The summed E-state index contributed by atoms with van der Waals surface area (Å²) >= 11 is 0. The molecule has 0 amide bonds. The number of carbonyl (C=O) groups excluding carboxylic acids is 1. The molecule has 0 bridgehead atoms. The predicted molar refractivity (Wildman–Crippen MR) is 78.2 cm³/mol. The Morgan fingerprint density at radius 2 is 1.54 bits per heavy atom. The fourth-order valence-corrected chi connectivity index (χ4v) is 2.76. The average Bonchev–Trinajstić information content (AvgIpc) is 2.60. The Morgan fingerprint density at radius 1 is 0.885 bits per heavy atom. The number of rotatable bonds is 5. The topological polar surface area (TPSA) is 196 Å². The van der Waals surface area contributed by atoms with Gasteiger partial charge >= 0.3 is 5.97 Å². The summed E-state index contributed by atoms with van der Waals surface area (Å²) in [5.41, 5.74) is 0. The third-order valence-corrected chi connectivity index (χ3v) is 4.25. The van der Waals surface area contributed by atoms with E-state index in [0.29, 0.717) is 0 Å². The highest BCUT2D eigenvalue weighted by molar-refractivity contribution is 5.65. The molecule has 0 saturated carbocycles. The Hall–Kier alpha value is -0.930. The van der Waals surface area contributed by atoms with E-state index in [4.69, 9.17) is 18.9 Å². The van der Waals surface area contributed by atoms with E-state index < -0.39 is 80.6 Å². The SMILES string of the molecule is CC(=O)OC[C@H]1O[C@@H](O[C@H]2[C@H](O)[C@@H](O)[C@H](O)O[C@@H]2CO)[C@H](O)[C@@H](O)[C@H]1O. The molecular weight excluding hydrogens is 360 g/mol. The zero-order chi connectivity index (χ0) is 19.6. The molecule has 2 heterocycles. The van der Waals surface area contributed by atoms with Crippen molar-refractivity contribution in [1.82, 2.24) is 0 Å².